The number of ether oxygens (including phenoxy) is 2. The molecule has 0 radical (unpaired) electrons. The summed E-state index contributed by atoms with van der Waals surface area (Å²) in [6.45, 7) is 4.54. The van der Waals surface area contributed by atoms with Gasteiger partial charge in [0, 0.05) is 50.9 Å². The molecule has 1 aromatic carbocycles. The summed E-state index contributed by atoms with van der Waals surface area (Å²) in [7, 11) is 3.12. The molecule has 1 fully saturated rings. The van der Waals surface area contributed by atoms with Crippen molar-refractivity contribution in [2.45, 2.75) is 25.7 Å². The molecule has 26 heavy (non-hydrogen) atoms. The van der Waals surface area contributed by atoms with Gasteiger partial charge in [-0.1, -0.05) is 12.5 Å². The standard InChI is InChI=1S/C19H29N3O3S/c1-24-17-8-6-7-16(15-17)21-11-13-22(14-12-21)19(26)20-10-5-3-4-9-18(23)25-2/h6-8,15H,3-5,9-14H2,1-2H3,(H,20,26). The zero-order chi connectivity index (χ0) is 18.8. The van der Waals surface area contributed by atoms with Gasteiger partial charge in [-0.05, 0) is 37.2 Å². The Morgan fingerprint density at radius 1 is 1.15 bits per heavy atom. The minimum Gasteiger partial charge on any atom is -0.497 e. The second kappa shape index (κ2) is 10.9. The highest BCUT2D eigenvalue weighted by atomic mass is 32.1. The SMILES string of the molecule is COC(=O)CCCCCNC(=S)N1CCN(c2cccc(OC)c2)CC1. The second-order valence-corrected chi connectivity index (χ2v) is 6.68. The van der Waals surface area contributed by atoms with Gasteiger partial charge < -0.3 is 24.6 Å². The van der Waals surface area contributed by atoms with Crippen LogP contribution in [-0.2, 0) is 9.53 Å². The van der Waals surface area contributed by atoms with Gasteiger partial charge in [-0.15, -0.1) is 0 Å². The molecule has 1 aliphatic heterocycles. The zero-order valence-electron chi connectivity index (χ0n) is 15.7. The molecule has 0 spiro atoms. The second-order valence-electron chi connectivity index (χ2n) is 6.29. The first-order valence-electron chi connectivity index (χ1n) is 9.12. The van der Waals surface area contributed by atoms with E-state index in [1.54, 1.807) is 7.11 Å². The van der Waals surface area contributed by atoms with Crippen LogP contribution < -0.4 is 15.0 Å². The molecular weight excluding hydrogens is 350 g/mol. The van der Waals surface area contributed by atoms with Crippen molar-refractivity contribution in [3.05, 3.63) is 24.3 Å². The monoisotopic (exact) mass is 379 g/mol. The van der Waals surface area contributed by atoms with Gasteiger partial charge in [0.05, 0.1) is 14.2 Å². The Morgan fingerprint density at radius 3 is 2.62 bits per heavy atom. The molecule has 0 atom stereocenters. The van der Waals surface area contributed by atoms with Crippen molar-refractivity contribution in [3.8, 4) is 5.75 Å². The minimum absolute atomic E-state index is 0.137. The van der Waals surface area contributed by atoms with Crippen LogP contribution in [0.15, 0.2) is 24.3 Å². The first kappa shape index (κ1) is 20.3. The number of nitrogens with zero attached hydrogens (tertiary/aromatic N) is 2. The van der Waals surface area contributed by atoms with E-state index in [2.05, 4.69) is 32.0 Å². The predicted molar refractivity (Wildman–Crippen MR) is 108 cm³/mol. The van der Waals surface area contributed by atoms with Gasteiger partial charge in [-0.25, -0.2) is 0 Å². The third-order valence-electron chi connectivity index (χ3n) is 4.55. The first-order valence-corrected chi connectivity index (χ1v) is 9.53. The average Bonchev–Trinajstić information content (AvgIpc) is 2.70. The smallest absolute Gasteiger partial charge is 0.305 e. The number of nitrogens with one attached hydrogen (secondary N) is 1. The third-order valence-corrected chi connectivity index (χ3v) is 4.95. The molecular formula is C19H29N3O3S. The summed E-state index contributed by atoms with van der Waals surface area (Å²) in [5.41, 5.74) is 1.19. The van der Waals surface area contributed by atoms with E-state index >= 15 is 0 Å². The maximum absolute atomic E-state index is 11.0. The van der Waals surface area contributed by atoms with Crippen molar-refractivity contribution >= 4 is 29.0 Å². The molecule has 144 valence electrons. The quantitative estimate of drug-likeness (QED) is 0.423. The maximum Gasteiger partial charge on any atom is 0.305 e. The number of anilines is 1. The number of piperazine rings is 1. The Bertz CT molecular complexity index is 589. The van der Waals surface area contributed by atoms with Crippen molar-refractivity contribution in [2.75, 3.05) is 51.8 Å². The van der Waals surface area contributed by atoms with Gasteiger partial charge >= 0.3 is 5.97 Å². The molecule has 0 aromatic heterocycles. The Morgan fingerprint density at radius 2 is 1.92 bits per heavy atom. The molecule has 1 N–H and O–H groups in total. The van der Waals surface area contributed by atoms with E-state index in [0.717, 1.165) is 62.8 Å². The summed E-state index contributed by atoms with van der Waals surface area (Å²) in [5, 5.41) is 4.15. The van der Waals surface area contributed by atoms with Gasteiger partial charge in [-0.3, -0.25) is 4.79 Å². The number of esters is 1. The van der Waals surface area contributed by atoms with Gasteiger partial charge in [0.2, 0.25) is 0 Å². The van der Waals surface area contributed by atoms with Crippen LogP contribution in [0, 0.1) is 0 Å². The van der Waals surface area contributed by atoms with Crippen LogP contribution in [-0.4, -0.2) is 62.9 Å². The van der Waals surface area contributed by atoms with Crippen LogP contribution in [0.2, 0.25) is 0 Å². The van der Waals surface area contributed by atoms with E-state index in [9.17, 15) is 4.79 Å². The third kappa shape index (κ3) is 6.37. The molecule has 1 aromatic rings. The Hall–Kier alpha value is -2.02. The molecule has 7 heteroatoms. The lowest BCUT2D eigenvalue weighted by molar-refractivity contribution is -0.140. The topological polar surface area (TPSA) is 54.0 Å². The summed E-state index contributed by atoms with van der Waals surface area (Å²) >= 11 is 5.51. The van der Waals surface area contributed by atoms with Crippen LogP contribution in [0.5, 0.6) is 5.75 Å². The number of benzene rings is 1. The van der Waals surface area contributed by atoms with Crippen molar-refractivity contribution in [2.24, 2.45) is 0 Å². The number of rotatable bonds is 8. The number of carbonyl (C=O) groups is 1. The predicted octanol–water partition coefficient (Wildman–Crippen LogP) is 2.43. The van der Waals surface area contributed by atoms with E-state index in [4.69, 9.17) is 17.0 Å². The van der Waals surface area contributed by atoms with Crippen LogP contribution >= 0.6 is 12.2 Å². The van der Waals surface area contributed by atoms with E-state index in [0.29, 0.717) is 6.42 Å². The fourth-order valence-electron chi connectivity index (χ4n) is 2.96. The molecule has 0 aliphatic carbocycles. The first-order chi connectivity index (χ1) is 12.6. The maximum atomic E-state index is 11.0. The number of hydrogen-bond donors (Lipinski definition) is 1. The lowest BCUT2D eigenvalue weighted by atomic mass is 10.2. The van der Waals surface area contributed by atoms with E-state index in [1.165, 1.54) is 12.8 Å². The van der Waals surface area contributed by atoms with Crippen LogP contribution in [0.3, 0.4) is 0 Å². The summed E-state index contributed by atoms with van der Waals surface area (Å²) < 4.78 is 9.94. The number of unbranched alkanes of at least 4 members (excludes halogenated alkanes) is 2. The van der Waals surface area contributed by atoms with E-state index < -0.39 is 0 Å². The minimum atomic E-state index is -0.137. The van der Waals surface area contributed by atoms with Crippen molar-refractivity contribution in [3.63, 3.8) is 0 Å². The Balaban J connectivity index is 1.64. The van der Waals surface area contributed by atoms with Gasteiger partial charge in [0.15, 0.2) is 5.11 Å². The van der Waals surface area contributed by atoms with E-state index in [-0.39, 0.29) is 5.97 Å². The molecule has 0 bridgehead atoms. The van der Waals surface area contributed by atoms with Gasteiger partial charge in [-0.2, -0.15) is 0 Å². The molecule has 1 heterocycles. The van der Waals surface area contributed by atoms with Crippen molar-refractivity contribution in [1.82, 2.24) is 10.2 Å². The summed E-state index contributed by atoms with van der Waals surface area (Å²) in [5.74, 6) is 0.747. The Kier molecular flexibility index (Phi) is 8.47. The lowest BCUT2D eigenvalue weighted by Crippen LogP contribution is -2.51. The normalized spacial score (nSPS) is 14.1. The molecule has 6 nitrogen and oxygen atoms in total. The van der Waals surface area contributed by atoms with Crippen LogP contribution in [0.25, 0.3) is 0 Å². The highest BCUT2D eigenvalue weighted by molar-refractivity contribution is 7.80. The number of methoxy groups -OCH3 is 2. The molecule has 2 rings (SSSR count). The number of thiocarbonyl (C=S) groups is 1. The van der Waals surface area contributed by atoms with Crippen molar-refractivity contribution in [1.29, 1.82) is 0 Å². The highest BCUT2D eigenvalue weighted by Crippen LogP contribution is 2.22. The molecule has 1 saturated heterocycles. The highest BCUT2D eigenvalue weighted by Gasteiger charge is 2.19. The fourth-order valence-corrected chi connectivity index (χ4v) is 3.24. The molecule has 0 unspecified atom stereocenters. The summed E-state index contributed by atoms with van der Waals surface area (Å²) in [4.78, 5) is 15.6. The van der Waals surface area contributed by atoms with Crippen LogP contribution in [0.4, 0.5) is 5.69 Å². The molecule has 0 saturated carbocycles. The zero-order valence-corrected chi connectivity index (χ0v) is 16.5. The van der Waals surface area contributed by atoms with Crippen molar-refractivity contribution < 1.29 is 14.3 Å². The fraction of sp³-hybridized carbons (Fsp3) is 0.579. The summed E-state index contributed by atoms with van der Waals surface area (Å²) in [6, 6.07) is 8.17. The largest absolute Gasteiger partial charge is 0.497 e. The van der Waals surface area contributed by atoms with Crippen LogP contribution in [0.1, 0.15) is 25.7 Å². The van der Waals surface area contributed by atoms with Gasteiger partial charge in [0.1, 0.15) is 5.75 Å². The Labute approximate surface area is 161 Å². The summed E-state index contributed by atoms with van der Waals surface area (Å²) in [6.07, 6.45) is 3.35. The molecule has 0 amide bonds. The average molecular weight is 380 g/mol. The van der Waals surface area contributed by atoms with Gasteiger partial charge in [0.25, 0.3) is 0 Å². The molecule has 1 aliphatic rings. The number of carbonyl (C=O) groups excluding carboxylic acids is 1. The van der Waals surface area contributed by atoms with E-state index in [1.807, 2.05) is 12.1 Å². The number of hydrogen-bond acceptors (Lipinski definition) is 5. The lowest BCUT2D eigenvalue weighted by Gasteiger charge is -2.37.